The molecule has 0 aliphatic rings. The lowest BCUT2D eigenvalue weighted by atomic mass is 10.0. The second kappa shape index (κ2) is 4.09. The lowest BCUT2D eigenvalue weighted by molar-refractivity contribution is -0.660. The van der Waals surface area contributed by atoms with Crippen LogP contribution in [0.2, 0.25) is 0 Å². The average Bonchev–Trinajstić information content (AvgIpc) is 2.31. The van der Waals surface area contributed by atoms with Crippen molar-refractivity contribution in [1.82, 2.24) is 0 Å². The minimum Gasteiger partial charge on any atom is -0.201 e. The third kappa shape index (κ3) is 1.85. The molecule has 0 spiro atoms. The molecule has 0 aliphatic carbocycles. The number of nitrogens with zero attached hydrogens (tertiary/aromatic N) is 1. The fraction of sp³-hybridized carbons (Fsp3) is 0.267. The van der Waals surface area contributed by atoms with Crippen molar-refractivity contribution in [3.05, 3.63) is 53.2 Å². The molecule has 2 rings (SSSR count). The van der Waals surface area contributed by atoms with Gasteiger partial charge in [-0.2, -0.15) is 0 Å². The number of aromatic nitrogens is 1. The minimum atomic E-state index is -2.10. The van der Waals surface area contributed by atoms with Crippen LogP contribution in [0.15, 0.2) is 36.5 Å². The Labute approximate surface area is 103 Å². The van der Waals surface area contributed by atoms with E-state index in [-0.39, 0.29) is 0 Å². The summed E-state index contributed by atoms with van der Waals surface area (Å²) >= 11 is 0. The highest BCUT2D eigenvalue weighted by atomic mass is 14.9. The molecule has 0 saturated heterocycles. The first-order valence-corrected chi connectivity index (χ1v) is 5.28. The standard InChI is InChI=1S/C15H18N/c1-11-7-5-6-8-14(11)15-9-12(2)13(3)10-16(15)4/h5-10H,1-4H3/q+1/i3D3,5D. The summed E-state index contributed by atoms with van der Waals surface area (Å²) in [4.78, 5) is 0. The van der Waals surface area contributed by atoms with Gasteiger partial charge in [0, 0.05) is 21.3 Å². The number of rotatable bonds is 1. The fourth-order valence-corrected chi connectivity index (χ4v) is 1.82. The number of pyridine rings is 1. The smallest absolute Gasteiger partial charge is 0.201 e. The van der Waals surface area contributed by atoms with Crippen LogP contribution in [0.4, 0.5) is 0 Å². The van der Waals surface area contributed by atoms with Gasteiger partial charge in [0.25, 0.3) is 0 Å². The maximum Gasteiger partial charge on any atom is 0.212 e. The van der Waals surface area contributed by atoms with Crippen LogP contribution in [-0.2, 0) is 7.05 Å². The summed E-state index contributed by atoms with van der Waals surface area (Å²) in [5.41, 5.74) is 4.11. The molecule has 1 nitrogen and oxygen atoms in total. The first-order valence-electron chi connectivity index (χ1n) is 7.28. The van der Waals surface area contributed by atoms with Crippen LogP contribution in [0.5, 0.6) is 0 Å². The van der Waals surface area contributed by atoms with E-state index in [4.69, 9.17) is 5.48 Å². The quantitative estimate of drug-likeness (QED) is 0.645. The van der Waals surface area contributed by atoms with Crippen molar-refractivity contribution >= 4 is 0 Å². The third-order valence-electron chi connectivity index (χ3n) is 2.83. The molecule has 1 aromatic heterocycles. The van der Waals surface area contributed by atoms with Gasteiger partial charge in [0.2, 0.25) is 5.69 Å². The predicted molar refractivity (Wildman–Crippen MR) is 67.3 cm³/mol. The van der Waals surface area contributed by atoms with E-state index in [1.807, 2.05) is 43.7 Å². The number of benzene rings is 1. The van der Waals surface area contributed by atoms with Gasteiger partial charge in [-0.15, -0.1) is 0 Å². The van der Waals surface area contributed by atoms with Crippen LogP contribution in [-0.4, -0.2) is 0 Å². The second-order valence-electron chi connectivity index (χ2n) is 4.11. The summed E-state index contributed by atoms with van der Waals surface area (Å²) < 4.78 is 32.1. The van der Waals surface area contributed by atoms with E-state index >= 15 is 0 Å². The summed E-state index contributed by atoms with van der Waals surface area (Å²) in [5.74, 6) is 0. The predicted octanol–water partition coefficient (Wildman–Crippen LogP) is 3.10. The number of aryl methyl sites for hydroxylation is 4. The van der Waals surface area contributed by atoms with E-state index in [0.717, 1.165) is 22.4 Å². The molecule has 0 aliphatic heterocycles. The summed E-state index contributed by atoms with van der Waals surface area (Å²) in [6.45, 7) is 1.68. The van der Waals surface area contributed by atoms with Gasteiger partial charge >= 0.3 is 0 Å². The van der Waals surface area contributed by atoms with E-state index in [0.29, 0.717) is 11.6 Å². The monoisotopic (exact) mass is 216 g/mol. The molecule has 0 bridgehead atoms. The zero-order valence-corrected chi connectivity index (χ0v) is 9.83. The Morgan fingerprint density at radius 2 is 2.00 bits per heavy atom. The van der Waals surface area contributed by atoms with E-state index in [2.05, 4.69) is 0 Å². The van der Waals surface area contributed by atoms with Gasteiger partial charge in [0.1, 0.15) is 7.05 Å². The van der Waals surface area contributed by atoms with Gasteiger partial charge < -0.3 is 0 Å². The second-order valence-corrected chi connectivity index (χ2v) is 4.11. The molecule has 1 heterocycles. The van der Waals surface area contributed by atoms with Crippen molar-refractivity contribution in [1.29, 1.82) is 0 Å². The number of hydrogen-bond donors (Lipinski definition) is 0. The molecule has 0 atom stereocenters. The van der Waals surface area contributed by atoms with Crippen LogP contribution >= 0.6 is 0 Å². The average molecular weight is 216 g/mol. The molecular formula is C15H18N+. The zero-order chi connectivity index (χ0) is 15.1. The van der Waals surface area contributed by atoms with Crippen molar-refractivity contribution in [2.45, 2.75) is 20.7 Å². The molecule has 2 aromatic rings. The molecule has 0 fully saturated rings. The maximum atomic E-state index is 7.63. The van der Waals surface area contributed by atoms with Crippen LogP contribution in [0, 0.1) is 20.7 Å². The highest BCUT2D eigenvalue weighted by molar-refractivity contribution is 5.61. The van der Waals surface area contributed by atoms with Crippen molar-refractivity contribution in [2.24, 2.45) is 7.05 Å². The molecule has 1 heteroatoms. The van der Waals surface area contributed by atoms with Crippen molar-refractivity contribution in [2.75, 3.05) is 0 Å². The van der Waals surface area contributed by atoms with Gasteiger partial charge in [-0.1, -0.05) is 18.2 Å². The lowest BCUT2D eigenvalue weighted by Crippen LogP contribution is -2.31. The van der Waals surface area contributed by atoms with Crippen LogP contribution in [0.25, 0.3) is 11.3 Å². The lowest BCUT2D eigenvalue weighted by Gasteiger charge is -2.06. The summed E-state index contributed by atoms with van der Waals surface area (Å²) in [5, 5.41) is 0. The van der Waals surface area contributed by atoms with Crippen molar-refractivity contribution < 1.29 is 10.1 Å². The summed E-state index contributed by atoms with van der Waals surface area (Å²) in [6, 6.07) is 7.83. The van der Waals surface area contributed by atoms with Crippen LogP contribution in [0.3, 0.4) is 0 Å². The van der Waals surface area contributed by atoms with E-state index in [9.17, 15) is 0 Å². The minimum absolute atomic E-state index is 0.374. The fourth-order valence-electron chi connectivity index (χ4n) is 1.82. The molecule has 0 saturated carbocycles. The number of hydrogen-bond acceptors (Lipinski definition) is 0. The molecule has 82 valence electrons. The van der Waals surface area contributed by atoms with Crippen LogP contribution < -0.4 is 4.57 Å². The Kier molecular flexibility index (Phi) is 1.75. The van der Waals surface area contributed by atoms with Gasteiger partial charge in [0.15, 0.2) is 6.20 Å². The topological polar surface area (TPSA) is 3.88 Å². The SMILES string of the molecule is [2H]c1ccc(-c2cc(C)c(C([2H])([2H])[2H])c[n+]2C)c(C)c1. The van der Waals surface area contributed by atoms with Crippen LogP contribution in [0.1, 0.15) is 22.2 Å². The van der Waals surface area contributed by atoms with Gasteiger partial charge in [-0.25, -0.2) is 4.57 Å². The maximum absolute atomic E-state index is 7.63. The Bertz CT molecular complexity index is 660. The molecule has 0 N–H and O–H groups in total. The summed E-state index contributed by atoms with van der Waals surface area (Å²) in [7, 11) is 1.85. The van der Waals surface area contributed by atoms with E-state index in [1.54, 1.807) is 12.3 Å². The highest BCUT2D eigenvalue weighted by Crippen LogP contribution is 2.21. The molecule has 0 unspecified atom stereocenters. The Hall–Kier alpha value is -1.63. The molecule has 0 amide bonds. The van der Waals surface area contributed by atoms with Gasteiger partial charge in [0.05, 0.1) is 1.37 Å². The van der Waals surface area contributed by atoms with E-state index in [1.165, 1.54) is 0 Å². The third-order valence-corrected chi connectivity index (χ3v) is 2.83. The molecular weight excluding hydrogens is 194 g/mol. The van der Waals surface area contributed by atoms with Crippen molar-refractivity contribution in [3.63, 3.8) is 0 Å². The first kappa shape index (κ1) is 6.85. The summed E-state index contributed by atoms with van der Waals surface area (Å²) in [6.07, 6.45) is 1.67. The Morgan fingerprint density at radius 1 is 1.19 bits per heavy atom. The Balaban J connectivity index is 2.62. The normalized spacial score (nSPS) is 14.9. The van der Waals surface area contributed by atoms with E-state index < -0.39 is 6.85 Å². The molecule has 16 heavy (non-hydrogen) atoms. The molecule has 0 radical (unpaired) electrons. The first-order chi connectivity index (χ1) is 9.20. The van der Waals surface area contributed by atoms with Crippen molar-refractivity contribution in [3.8, 4) is 11.3 Å². The largest absolute Gasteiger partial charge is 0.212 e. The van der Waals surface area contributed by atoms with Gasteiger partial charge in [-0.05, 0) is 37.9 Å². The zero-order valence-electron chi connectivity index (χ0n) is 13.8. The highest BCUT2D eigenvalue weighted by Gasteiger charge is 2.13. The van der Waals surface area contributed by atoms with Gasteiger partial charge in [-0.3, -0.25) is 0 Å². The molecule has 1 aromatic carbocycles. The Morgan fingerprint density at radius 3 is 2.69 bits per heavy atom.